The van der Waals surface area contributed by atoms with Gasteiger partial charge in [0.1, 0.15) is 6.54 Å². The molecule has 0 spiro atoms. The average molecular weight is 323 g/mol. The summed E-state index contributed by atoms with van der Waals surface area (Å²) in [4.78, 5) is 0. The van der Waals surface area contributed by atoms with Crippen LogP contribution in [0.1, 0.15) is 89.7 Å². The van der Waals surface area contributed by atoms with Crippen LogP contribution in [0.25, 0.3) is 0 Å². The van der Waals surface area contributed by atoms with Crippen LogP contribution in [0.15, 0.2) is 22.8 Å². The van der Waals surface area contributed by atoms with Gasteiger partial charge in [0.05, 0.1) is 26.9 Å². The summed E-state index contributed by atoms with van der Waals surface area (Å²) in [6, 6.07) is 4.07. The molecule has 0 aliphatic carbocycles. The summed E-state index contributed by atoms with van der Waals surface area (Å²) in [5, 5.41) is 0. The van der Waals surface area contributed by atoms with Gasteiger partial charge in [-0.05, 0) is 25.0 Å². The van der Waals surface area contributed by atoms with Crippen molar-refractivity contribution in [3.63, 3.8) is 0 Å². The van der Waals surface area contributed by atoms with E-state index in [2.05, 4.69) is 27.1 Å². The minimum atomic E-state index is 1.00. The highest BCUT2D eigenvalue weighted by atomic mass is 16.3. The van der Waals surface area contributed by atoms with Crippen molar-refractivity contribution in [3.05, 3.63) is 24.2 Å². The Morgan fingerprint density at radius 2 is 1.30 bits per heavy atom. The van der Waals surface area contributed by atoms with Gasteiger partial charge in [0.25, 0.3) is 0 Å². The lowest BCUT2D eigenvalue weighted by Crippen LogP contribution is -2.39. The third-order valence-electron chi connectivity index (χ3n) is 4.78. The van der Waals surface area contributed by atoms with E-state index in [0.29, 0.717) is 0 Å². The molecule has 0 N–H and O–H groups in total. The first-order valence-electron chi connectivity index (χ1n) is 9.98. The van der Waals surface area contributed by atoms with Crippen LogP contribution in [0, 0.1) is 0 Å². The van der Waals surface area contributed by atoms with Crippen molar-refractivity contribution in [2.45, 2.75) is 90.5 Å². The molecule has 134 valence electrons. The van der Waals surface area contributed by atoms with Crippen LogP contribution >= 0.6 is 0 Å². The molecule has 0 aromatic carbocycles. The van der Waals surface area contributed by atoms with E-state index in [0.717, 1.165) is 16.8 Å². The smallest absolute Gasteiger partial charge is 0.158 e. The Balaban J connectivity index is 1.87. The van der Waals surface area contributed by atoms with E-state index in [-0.39, 0.29) is 0 Å². The third kappa shape index (κ3) is 11.4. The molecule has 0 unspecified atom stereocenters. The molecule has 1 aromatic heterocycles. The van der Waals surface area contributed by atoms with Gasteiger partial charge in [-0.2, -0.15) is 0 Å². The van der Waals surface area contributed by atoms with Crippen LogP contribution in [0.2, 0.25) is 0 Å². The van der Waals surface area contributed by atoms with E-state index in [4.69, 9.17) is 4.42 Å². The maximum absolute atomic E-state index is 5.47. The maximum Gasteiger partial charge on any atom is 0.158 e. The van der Waals surface area contributed by atoms with Crippen LogP contribution in [-0.4, -0.2) is 25.1 Å². The van der Waals surface area contributed by atoms with E-state index in [1.807, 2.05) is 6.07 Å². The Kier molecular flexibility index (Phi) is 11.1. The van der Waals surface area contributed by atoms with E-state index >= 15 is 0 Å². The molecule has 0 aliphatic heterocycles. The minimum absolute atomic E-state index is 1.00. The predicted octanol–water partition coefficient (Wildman–Crippen LogP) is 6.56. The molecule has 23 heavy (non-hydrogen) atoms. The number of nitrogens with zero attached hydrogens (tertiary/aromatic N) is 1. The lowest BCUT2D eigenvalue weighted by atomic mass is 10.1. The monoisotopic (exact) mass is 322 g/mol. The SMILES string of the molecule is CCCCCCCCCCCCCC[N+](C)(C)Cc1ccco1. The summed E-state index contributed by atoms with van der Waals surface area (Å²) in [5.74, 6) is 1.11. The van der Waals surface area contributed by atoms with E-state index in [9.17, 15) is 0 Å². The Morgan fingerprint density at radius 3 is 1.78 bits per heavy atom. The second-order valence-corrected chi connectivity index (χ2v) is 7.79. The van der Waals surface area contributed by atoms with Crippen molar-refractivity contribution < 1.29 is 8.90 Å². The number of furan rings is 1. The zero-order valence-electron chi connectivity index (χ0n) is 16.0. The Labute approximate surface area is 144 Å². The van der Waals surface area contributed by atoms with Crippen molar-refractivity contribution >= 4 is 0 Å². The van der Waals surface area contributed by atoms with Gasteiger partial charge in [-0.3, -0.25) is 0 Å². The van der Waals surface area contributed by atoms with Crippen LogP contribution < -0.4 is 0 Å². The van der Waals surface area contributed by atoms with Gasteiger partial charge in [0.2, 0.25) is 0 Å². The van der Waals surface area contributed by atoms with Crippen molar-refractivity contribution in [2.24, 2.45) is 0 Å². The number of hydrogen-bond acceptors (Lipinski definition) is 1. The molecule has 2 heteroatoms. The second kappa shape index (κ2) is 12.6. The summed E-state index contributed by atoms with van der Waals surface area (Å²) in [7, 11) is 4.61. The lowest BCUT2D eigenvalue weighted by molar-refractivity contribution is -0.904. The topological polar surface area (TPSA) is 13.1 Å². The molecule has 0 aliphatic rings. The molecule has 0 atom stereocenters. The first-order chi connectivity index (χ1) is 11.1. The molecule has 0 amide bonds. The third-order valence-corrected chi connectivity index (χ3v) is 4.78. The quantitative estimate of drug-likeness (QED) is 0.263. The van der Waals surface area contributed by atoms with Crippen molar-refractivity contribution in [1.29, 1.82) is 0 Å². The van der Waals surface area contributed by atoms with Gasteiger partial charge in [-0.15, -0.1) is 0 Å². The summed E-state index contributed by atoms with van der Waals surface area (Å²) in [5.41, 5.74) is 0. The zero-order valence-corrected chi connectivity index (χ0v) is 16.0. The Morgan fingerprint density at radius 1 is 0.783 bits per heavy atom. The molecule has 1 rings (SSSR count). The van der Waals surface area contributed by atoms with Gasteiger partial charge in [-0.25, -0.2) is 0 Å². The molecular formula is C21H40NO+. The molecule has 0 saturated carbocycles. The molecule has 1 aromatic rings. The number of hydrogen-bond donors (Lipinski definition) is 0. The van der Waals surface area contributed by atoms with E-state index in [1.165, 1.54) is 83.6 Å². The Bertz CT molecular complexity index is 356. The van der Waals surface area contributed by atoms with Crippen molar-refractivity contribution in [1.82, 2.24) is 0 Å². The highest BCUT2D eigenvalue weighted by molar-refractivity contribution is 4.96. The number of quaternary nitrogens is 1. The van der Waals surface area contributed by atoms with E-state index in [1.54, 1.807) is 6.26 Å². The molecule has 2 nitrogen and oxygen atoms in total. The Hall–Kier alpha value is -0.760. The summed E-state index contributed by atoms with van der Waals surface area (Å²) in [6.45, 7) is 4.54. The van der Waals surface area contributed by atoms with Crippen molar-refractivity contribution in [2.75, 3.05) is 20.6 Å². The minimum Gasteiger partial charge on any atom is -0.463 e. The summed E-state index contributed by atoms with van der Waals surface area (Å²) < 4.78 is 6.50. The largest absolute Gasteiger partial charge is 0.463 e. The lowest BCUT2D eigenvalue weighted by Gasteiger charge is -2.28. The van der Waals surface area contributed by atoms with E-state index < -0.39 is 0 Å². The van der Waals surface area contributed by atoms with Crippen LogP contribution in [0.4, 0.5) is 0 Å². The van der Waals surface area contributed by atoms with Crippen molar-refractivity contribution in [3.8, 4) is 0 Å². The number of unbranched alkanes of at least 4 members (excludes halogenated alkanes) is 11. The predicted molar refractivity (Wildman–Crippen MR) is 100 cm³/mol. The summed E-state index contributed by atoms with van der Waals surface area (Å²) in [6.07, 6.45) is 18.8. The molecule has 0 radical (unpaired) electrons. The standard InChI is InChI=1S/C21H40NO/c1-4-5-6-7-8-9-10-11-12-13-14-15-18-22(2,3)20-21-17-16-19-23-21/h16-17,19H,4-15,18,20H2,1-3H3/q+1. The number of rotatable bonds is 15. The molecule has 0 saturated heterocycles. The first kappa shape index (κ1) is 20.3. The van der Waals surface area contributed by atoms with Crippen LogP contribution in [-0.2, 0) is 6.54 Å². The molecule has 0 bridgehead atoms. The average Bonchev–Trinajstić information content (AvgIpc) is 3.00. The first-order valence-corrected chi connectivity index (χ1v) is 9.98. The van der Waals surface area contributed by atoms with Gasteiger partial charge in [0.15, 0.2) is 5.76 Å². The van der Waals surface area contributed by atoms with Gasteiger partial charge < -0.3 is 8.90 Å². The normalized spacial score (nSPS) is 12.0. The molecular weight excluding hydrogens is 282 g/mol. The van der Waals surface area contributed by atoms with Gasteiger partial charge >= 0.3 is 0 Å². The fraction of sp³-hybridized carbons (Fsp3) is 0.810. The molecule has 0 fully saturated rings. The highest BCUT2D eigenvalue weighted by Crippen LogP contribution is 2.14. The zero-order chi connectivity index (χ0) is 16.8. The second-order valence-electron chi connectivity index (χ2n) is 7.79. The maximum atomic E-state index is 5.47. The highest BCUT2D eigenvalue weighted by Gasteiger charge is 2.16. The van der Waals surface area contributed by atoms with Crippen LogP contribution in [0.5, 0.6) is 0 Å². The van der Waals surface area contributed by atoms with Crippen LogP contribution in [0.3, 0.4) is 0 Å². The van der Waals surface area contributed by atoms with Gasteiger partial charge in [-0.1, -0.05) is 71.1 Å². The fourth-order valence-electron chi connectivity index (χ4n) is 3.28. The molecule has 1 heterocycles. The summed E-state index contributed by atoms with van der Waals surface area (Å²) >= 11 is 0. The fourth-order valence-corrected chi connectivity index (χ4v) is 3.28. The van der Waals surface area contributed by atoms with Gasteiger partial charge in [0, 0.05) is 0 Å².